The van der Waals surface area contributed by atoms with Gasteiger partial charge in [-0.2, -0.15) is 0 Å². The maximum Gasteiger partial charge on any atom is 0.119 e. The van der Waals surface area contributed by atoms with E-state index in [-0.39, 0.29) is 12.4 Å². The highest BCUT2D eigenvalue weighted by Gasteiger charge is 2.01. The van der Waals surface area contributed by atoms with Crippen molar-refractivity contribution in [2.45, 2.75) is 26.3 Å². The minimum Gasteiger partial charge on any atom is -0.497 e. The lowest BCUT2D eigenvalue weighted by Crippen LogP contribution is -2.01. The van der Waals surface area contributed by atoms with Crippen molar-refractivity contribution in [2.75, 3.05) is 7.11 Å². The van der Waals surface area contributed by atoms with Crippen LogP contribution in [-0.2, 0) is 13.0 Å². The molecule has 2 N–H and O–H groups in total. The van der Waals surface area contributed by atoms with Gasteiger partial charge in [0.05, 0.1) is 7.11 Å². The molecule has 2 nitrogen and oxygen atoms in total. The van der Waals surface area contributed by atoms with Gasteiger partial charge in [-0.1, -0.05) is 19.4 Å². The average Bonchev–Trinajstić information content (AvgIpc) is 2.18. The highest BCUT2D eigenvalue weighted by atomic mass is 35.5. The van der Waals surface area contributed by atoms with Crippen LogP contribution in [0.1, 0.15) is 24.5 Å². The van der Waals surface area contributed by atoms with Crippen LogP contribution in [0.5, 0.6) is 5.75 Å². The zero-order valence-electron chi connectivity index (χ0n) is 8.75. The molecule has 0 aromatic heterocycles. The SMILES string of the molecule is CCCc1cc(OC)ccc1CN.Cl. The molecule has 0 saturated carbocycles. The van der Waals surface area contributed by atoms with Crippen molar-refractivity contribution in [3.8, 4) is 5.75 Å². The van der Waals surface area contributed by atoms with Crippen LogP contribution in [0.4, 0.5) is 0 Å². The number of aryl methyl sites for hydroxylation is 1. The number of nitrogens with two attached hydrogens (primary N) is 1. The van der Waals surface area contributed by atoms with Gasteiger partial charge in [0.2, 0.25) is 0 Å². The van der Waals surface area contributed by atoms with E-state index in [1.165, 1.54) is 11.1 Å². The number of ether oxygens (including phenoxy) is 1. The van der Waals surface area contributed by atoms with Crippen LogP contribution in [0, 0.1) is 0 Å². The van der Waals surface area contributed by atoms with Gasteiger partial charge < -0.3 is 10.5 Å². The molecule has 0 heterocycles. The molecule has 1 rings (SSSR count). The summed E-state index contributed by atoms with van der Waals surface area (Å²) in [6.45, 7) is 2.78. The quantitative estimate of drug-likeness (QED) is 0.838. The molecule has 0 spiro atoms. The van der Waals surface area contributed by atoms with Crippen LogP contribution in [-0.4, -0.2) is 7.11 Å². The number of methoxy groups -OCH3 is 1. The number of hydrogen-bond acceptors (Lipinski definition) is 2. The molecule has 0 aliphatic carbocycles. The Hall–Kier alpha value is -0.730. The molecule has 0 radical (unpaired) electrons. The zero-order valence-corrected chi connectivity index (χ0v) is 9.56. The maximum atomic E-state index is 5.63. The Kier molecular flexibility index (Phi) is 6.34. The molecule has 1 aromatic carbocycles. The Morgan fingerprint density at radius 3 is 2.50 bits per heavy atom. The summed E-state index contributed by atoms with van der Waals surface area (Å²) in [5.41, 5.74) is 8.17. The minimum atomic E-state index is 0. The Balaban J connectivity index is 0.00000169. The van der Waals surface area contributed by atoms with Crippen molar-refractivity contribution >= 4 is 12.4 Å². The Bertz CT molecular complexity index is 276. The van der Waals surface area contributed by atoms with Crippen molar-refractivity contribution < 1.29 is 4.74 Å². The second kappa shape index (κ2) is 6.68. The highest BCUT2D eigenvalue weighted by Crippen LogP contribution is 2.18. The van der Waals surface area contributed by atoms with E-state index in [0.29, 0.717) is 6.54 Å². The van der Waals surface area contributed by atoms with Crippen LogP contribution in [0.3, 0.4) is 0 Å². The molecule has 1 aromatic rings. The molecule has 14 heavy (non-hydrogen) atoms. The molecule has 0 fully saturated rings. The van der Waals surface area contributed by atoms with Crippen LogP contribution >= 0.6 is 12.4 Å². The van der Waals surface area contributed by atoms with E-state index < -0.39 is 0 Å². The first kappa shape index (κ1) is 13.3. The summed E-state index contributed by atoms with van der Waals surface area (Å²) in [6, 6.07) is 6.08. The third-order valence-corrected chi connectivity index (χ3v) is 2.15. The number of halogens is 1. The normalized spacial score (nSPS) is 9.36. The van der Waals surface area contributed by atoms with Crippen molar-refractivity contribution in [3.63, 3.8) is 0 Å². The van der Waals surface area contributed by atoms with E-state index in [1.807, 2.05) is 12.1 Å². The molecule has 80 valence electrons. The summed E-state index contributed by atoms with van der Waals surface area (Å²) < 4.78 is 5.16. The maximum absolute atomic E-state index is 5.63. The van der Waals surface area contributed by atoms with Gasteiger partial charge in [-0.3, -0.25) is 0 Å². The van der Waals surface area contributed by atoms with E-state index >= 15 is 0 Å². The first-order chi connectivity index (χ1) is 6.31. The molecule has 0 atom stereocenters. The monoisotopic (exact) mass is 215 g/mol. The van der Waals surface area contributed by atoms with E-state index in [0.717, 1.165) is 18.6 Å². The van der Waals surface area contributed by atoms with Crippen molar-refractivity contribution in [1.29, 1.82) is 0 Å². The van der Waals surface area contributed by atoms with Gasteiger partial charge in [0.25, 0.3) is 0 Å². The molecule has 0 saturated heterocycles. The van der Waals surface area contributed by atoms with E-state index in [4.69, 9.17) is 10.5 Å². The smallest absolute Gasteiger partial charge is 0.119 e. The summed E-state index contributed by atoms with van der Waals surface area (Å²) in [7, 11) is 1.69. The molecule has 0 amide bonds. The number of rotatable bonds is 4. The van der Waals surface area contributed by atoms with Crippen LogP contribution < -0.4 is 10.5 Å². The Morgan fingerprint density at radius 2 is 2.00 bits per heavy atom. The first-order valence-corrected chi connectivity index (χ1v) is 4.67. The molecule has 0 unspecified atom stereocenters. The molecular formula is C11H18ClNO. The van der Waals surface area contributed by atoms with E-state index in [9.17, 15) is 0 Å². The third-order valence-electron chi connectivity index (χ3n) is 2.15. The Morgan fingerprint density at radius 1 is 1.29 bits per heavy atom. The van der Waals surface area contributed by atoms with E-state index in [2.05, 4.69) is 13.0 Å². The predicted molar refractivity (Wildman–Crippen MR) is 62.1 cm³/mol. The van der Waals surface area contributed by atoms with Crippen molar-refractivity contribution in [1.82, 2.24) is 0 Å². The molecular weight excluding hydrogens is 198 g/mol. The zero-order chi connectivity index (χ0) is 9.68. The molecule has 0 aliphatic heterocycles. The first-order valence-electron chi connectivity index (χ1n) is 4.67. The summed E-state index contributed by atoms with van der Waals surface area (Å²) in [6.07, 6.45) is 2.21. The summed E-state index contributed by atoms with van der Waals surface area (Å²) >= 11 is 0. The highest BCUT2D eigenvalue weighted by molar-refractivity contribution is 5.85. The summed E-state index contributed by atoms with van der Waals surface area (Å²) in [5.74, 6) is 0.917. The average molecular weight is 216 g/mol. The van der Waals surface area contributed by atoms with Crippen molar-refractivity contribution in [2.24, 2.45) is 5.73 Å². The standard InChI is InChI=1S/C11H17NO.ClH/c1-3-4-9-7-11(13-2)6-5-10(9)8-12;/h5-7H,3-4,8,12H2,1-2H3;1H. The minimum absolute atomic E-state index is 0. The summed E-state index contributed by atoms with van der Waals surface area (Å²) in [4.78, 5) is 0. The van der Waals surface area contributed by atoms with Gasteiger partial charge >= 0.3 is 0 Å². The fraction of sp³-hybridized carbons (Fsp3) is 0.455. The van der Waals surface area contributed by atoms with Crippen LogP contribution in [0.2, 0.25) is 0 Å². The summed E-state index contributed by atoms with van der Waals surface area (Å²) in [5, 5.41) is 0. The fourth-order valence-corrected chi connectivity index (χ4v) is 1.43. The van der Waals surface area contributed by atoms with Gasteiger partial charge in [0, 0.05) is 6.54 Å². The van der Waals surface area contributed by atoms with Gasteiger partial charge in [-0.25, -0.2) is 0 Å². The third kappa shape index (κ3) is 3.20. The molecule has 0 aliphatic rings. The van der Waals surface area contributed by atoms with Gasteiger partial charge in [0.1, 0.15) is 5.75 Å². The second-order valence-electron chi connectivity index (χ2n) is 3.09. The van der Waals surface area contributed by atoms with Crippen molar-refractivity contribution in [3.05, 3.63) is 29.3 Å². The Labute approximate surface area is 91.9 Å². The number of hydrogen-bond donors (Lipinski definition) is 1. The van der Waals surface area contributed by atoms with Crippen LogP contribution in [0.15, 0.2) is 18.2 Å². The van der Waals surface area contributed by atoms with Gasteiger partial charge in [0.15, 0.2) is 0 Å². The van der Waals surface area contributed by atoms with Gasteiger partial charge in [-0.05, 0) is 29.7 Å². The fourth-order valence-electron chi connectivity index (χ4n) is 1.43. The largest absolute Gasteiger partial charge is 0.497 e. The lowest BCUT2D eigenvalue weighted by molar-refractivity contribution is 0.414. The van der Waals surface area contributed by atoms with Gasteiger partial charge in [-0.15, -0.1) is 12.4 Å². The molecule has 3 heteroatoms. The van der Waals surface area contributed by atoms with E-state index in [1.54, 1.807) is 7.11 Å². The second-order valence-corrected chi connectivity index (χ2v) is 3.09. The topological polar surface area (TPSA) is 35.2 Å². The number of benzene rings is 1. The van der Waals surface area contributed by atoms with Crippen LogP contribution in [0.25, 0.3) is 0 Å². The molecule has 0 bridgehead atoms. The lowest BCUT2D eigenvalue weighted by Gasteiger charge is -2.08. The lowest BCUT2D eigenvalue weighted by atomic mass is 10.0. The predicted octanol–water partition coefficient (Wildman–Crippen LogP) is 2.53.